The highest BCUT2D eigenvalue weighted by Crippen LogP contribution is 2.21. The smallest absolute Gasteiger partial charge is 0.306 e. The lowest BCUT2D eigenvalue weighted by molar-refractivity contribution is -0.140. The van der Waals surface area contributed by atoms with Crippen LogP contribution in [0.3, 0.4) is 0 Å². The van der Waals surface area contributed by atoms with Gasteiger partial charge in [0.1, 0.15) is 5.75 Å². The molecule has 18 heavy (non-hydrogen) atoms. The number of esters is 1. The Morgan fingerprint density at radius 1 is 1.22 bits per heavy atom. The summed E-state index contributed by atoms with van der Waals surface area (Å²) in [5.41, 5.74) is 0. The summed E-state index contributed by atoms with van der Waals surface area (Å²) in [5, 5.41) is -0.821. The molecule has 0 N–H and O–H groups in total. The highest BCUT2D eigenvalue weighted by molar-refractivity contribution is 7.92. The number of sulfone groups is 1. The molecule has 1 atom stereocenters. The van der Waals surface area contributed by atoms with Gasteiger partial charge in [-0.3, -0.25) is 4.79 Å². The minimum Gasteiger partial charge on any atom is -0.497 e. The van der Waals surface area contributed by atoms with E-state index in [0.29, 0.717) is 5.75 Å². The summed E-state index contributed by atoms with van der Waals surface area (Å²) >= 11 is 0. The van der Waals surface area contributed by atoms with Gasteiger partial charge in [-0.05, 0) is 31.2 Å². The molecule has 0 saturated carbocycles. The van der Waals surface area contributed by atoms with E-state index in [0.717, 1.165) is 0 Å². The van der Waals surface area contributed by atoms with Gasteiger partial charge in [-0.25, -0.2) is 8.42 Å². The molecule has 0 radical (unpaired) electrons. The van der Waals surface area contributed by atoms with Crippen LogP contribution in [-0.4, -0.2) is 33.9 Å². The maximum absolute atomic E-state index is 12.1. The van der Waals surface area contributed by atoms with Crippen LogP contribution in [0, 0.1) is 0 Å². The third-order valence-corrected chi connectivity index (χ3v) is 4.75. The van der Waals surface area contributed by atoms with Crippen LogP contribution in [0.2, 0.25) is 0 Å². The number of rotatable bonds is 5. The van der Waals surface area contributed by atoms with Gasteiger partial charge in [-0.15, -0.1) is 0 Å². The van der Waals surface area contributed by atoms with E-state index < -0.39 is 21.1 Å². The number of carbonyl (C=O) groups is 1. The largest absolute Gasteiger partial charge is 0.497 e. The van der Waals surface area contributed by atoms with E-state index in [-0.39, 0.29) is 11.3 Å². The molecule has 6 heteroatoms. The molecule has 0 aromatic heterocycles. The molecule has 0 aliphatic carbocycles. The summed E-state index contributed by atoms with van der Waals surface area (Å²) in [6.45, 7) is 1.48. The van der Waals surface area contributed by atoms with E-state index in [2.05, 4.69) is 4.74 Å². The van der Waals surface area contributed by atoms with Crippen molar-refractivity contribution in [2.24, 2.45) is 0 Å². The Morgan fingerprint density at radius 2 is 1.78 bits per heavy atom. The molecule has 0 heterocycles. The molecular weight excluding hydrogens is 256 g/mol. The van der Waals surface area contributed by atoms with Gasteiger partial charge in [0, 0.05) is 0 Å². The predicted octanol–water partition coefficient (Wildman–Crippen LogP) is 1.42. The van der Waals surface area contributed by atoms with Gasteiger partial charge in [-0.2, -0.15) is 0 Å². The van der Waals surface area contributed by atoms with E-state index in [1.54, 1.807) is 12.1 Å². The van der Waals surface area contributed by atoms with Crippen molar-refractivity contribution < 1.29 is 22.7 Å². The van der Waals surface area contributed by atoms with Gasteiger partial charge in [0.15, 0.2) is 9.84 Å². The second-order valence-electron chi connectivity index (χ2n) is 3.81. The van der Waals surface area contributed by atoms with Crippen LogP contribution in [0.5, 0.6) is 5.75 Å². The van der Waals surface area contributed by atoms with E-state index in [9.17, 15) is 13.2 Å². The summed E-state index contributed by atoms with van der Waals surface area (Å²) in [6, 6.07) is 6.05. The zero-order chi connectivity index (χ0) is 13.8. The van der Waals surface area contributed by atoms with Crippen LogP contribution < -0.4 is 4.74 Å². The molecular formula is C12H16O5S. The normalized spacial score (nSPS) is 12.8. The van der Waals surface area contributed by atoms with Crippen molar-refractivity contribution in [1.82, 2.24) is 0 Å². The Labute approximate surface area is 107 Å². The number of methoxy groups -OCH3 is 2. The molecule has 1 rings (SSSR count). The third kappa shape index (κ3) is 3.22. The number of ether oxygens (including phenoxy) is 2. The summed E-state index contributed by atoms with van der Waals surface area (Å²) in [4.78, 5) is 11.3. The molecule has 100 valence electrons. The molecule has 5 nitrogen and oxygen atoms in total. The molecule has 0 amide bonds. The van der Waals surface area contributed by atoms with Crippen LogP contribution in [-0.2, 0) is 19.4 Å². The van der Waals surface area contributed by atoms with Crippen molar-refractivity contribution in [3.63, 3.8) is 0 Å². The van der Waals surface area contributed by atoms with Gasteiger partial charge >= 0.3 is 5.97 Å². The first-order chi connectivity index (χ1) is 8.41. The van der Waals surface area contributed by atoms with Crippen molar-refractivity contribution in [1.29, 1.82) is 0 Å². The number of benzene rings is 1. The SMILES string of the molecule is COC(=O)CC(C)S(=O)(=O)c1ccc(OC)cc1. The van der Waals surface area contributed by atoms with E-state index in [1.807, 2.05) is 0 Å². The first-order valence-electron chi connectivity index (χ1n) is 5.36. The Morgan fingerprint density at radius 3 is 2.22 bits per heavy atom. The van der Waals surface area contributed by atoms with Crippen molar-refractivity contribution >= 4 is 15.8 Å². The van der Waals surface area contributed by atoms with Crippen molar-refractivity contribution in [2.75, 3.05) is 14.2 Å². The lowest BCUT2D eigenvalue weighted by Crippen LogP contribution is -2.22. The monoisotopic (exact) mass is 272 g/mol. The molecule has 1 aromatic rings. The summed E-state index contributed by atoms with van der Waals surface area (Å²) in [5.74, 6) is 0.0363. The van der Waals surface area contributed by atoms with E-state index in [4.69, 9.17) is 4.74 Å². The maximum atomic E-state index is 12.1. The molecule has 1 aromatic carbocycles. The van der Waals surface area contributed by atoms with Gasteiger partial charge in [-0.1, -0.05) is 0 Å². The molecule has 0 saturated heterocycles. The van der Waals surface area contributed by atoms with Crippen LogP contribution in [0.1, 0.15) is 13.3 Å². The third-order valence-electron chi connectivity index (χ3n) is 2.60. The van der Waals surface area contributed by atoms with Gasteiger partial charge in [0.05, 0.1) is 30.8 Å². The minimum absolute atomic E-state index is 0.162. The molecule has 0 aliphatic rings. The van der Waals surface area contributed by atoms with Crippen molar-refractivity contribution in [2.45, 2.75) is 23.5 Å². The minimum atomic E-state index is -3.53. The van der Waals surface area contributed by atoms with Crippen LogP contribution in [0.25, 0.3) is 0 Å². The van der Waals surface area contributed by atoms with Crippen LogP contribution in [0.15, 0.2) is 29.2 Å². The Bertz CT molecular complexity index is 504. The van der Waals surface area contributed by atoms with Crippen LogP contribution in [0.4, 0.5) is 0 Å². The summed E-state index contributed by atoms with van der Waals surface area (Å²) in [6.07, 6.45) is -0.162. The van der Waals surface area contributed by atoms with Gasteiger partial charge in [0.2, 0.25) is 0 Å². The van der Waals surface area contributed by atoms with E-state index in [1.165, 1.54) is 33.3 Å². The van der Waals surface area contributed by atoms with Gasteiger partial charge < -0.3 is 9.47 Å². The molecule has 1 unspecified atom stereocenters. The fourth-order valence-electron chi connectivity index (χ4n) is 1.43. The fraction of sp³-hybridized carbons (Fsp3) is 0.417. The average Bonchev–Trinajstić information content (AvgIpc) is 2.38. The lowest BCUT2D eigenvalue weighted by Gasteiger charge is -2.12. The van der Waals surface area contributed by atoms with Gasteiger partial charge in [0.25, 0.3) is 0 Å². The lowest BCUT2D eigenvalue weighted by atomic mass is 10.3. The van der Waals surface area contributed by atoms with E-state index >= 15 is 0 Å². The first kappa shape index (κ1) is 14.5. The van der Waals surface area contributed by atoms with Crippen molar-refractivity contribution in [3.8, 4) is 5.75 Å². The fourth-order valence-corrected chi connectivity index (χ4v) is 2.76. The summed E-state index contributed by atoms with van der Waals surface area (Å²) in [7, 11) is -0.791. The topological polar surface area (TPSA) is 69.7 Å². The standard InChI is InChI=1S/C12H16O5S/c1-9(8-12(13)17-3)18(14,15)11-6-4-10(16-2)5-7-11/h4-7,9H,8H2,1-3H3. The first-order valence-corrected chi connectivity index (χ1v) is 6.91. The number of carbonyl (C=O) groups excluding carboxylic acids is 1. The maximum Gasteiger partial charge on any atom is 0.306 e. The molecule has 0 fully saturated rings. The Hall–Kier alpha value is -1.56. The number of hydrogen-bond donors (Lipinski definition) is 0. The molecule has 0 bridgehead atoms. The Kier molecular flexibility index (Phi) is 4.72. The highest BCUT2D eigenvalue weighted by Gasteiger charge is 2.25. The second-order valence-corrected chi connectivity index (χ2v) is 6.18. The summed E-state index contributed by atoms with van der Waals surface area (Å²) < 4.78 is 33.7. The molecule has 0 aliphatic heterocycles. The van der Waals surface area contributed by atoms with Crippen LogP contribution >= 0.6 is 0 Å². The zero-order valence-corrected chi connectivity index (χ0v) is 11.4. The zero-order valence-electron chi connectivity index (χ0n) is 10.5. The quantitative estimate of drug-likeness (QED) is 0.758. The second kappa shape index (κ2) is 5.86. The highest BCUT2D eigenvalue weighted by atomic mass is 32.2. The Balaban J connectivity index is 2.94. The predicted molar refractivity (Wildman–Crippen MR) is 66.3 cm³/mol. The average molecular weight is 272 g/mol. The molecule has 0 spiro atoms. The van der Waals surface area contributed by atoms with Crippen molar-refractivity contribution in [3.05, 3.63) is 24.3 Å². The number of hydrogen-bond acceptors (Lipinski definition) is 5.